The third-order valence-corrected chi connectivity index (χ3v) is 1.38. The van der Waals surface area contributed by atoms with E-state index in [1.807, 2.05) is 42.1 Å². The lowest BCUT2D eigenvalue weighted by molar-refractivity contribution is 1.55. The van der Waals surface area contributed by atoms with Gasteiger partial charge in [0.1, 0.15) is 0 Å². The Morgan fingerprint density at radius 3 is 2.60 bits per heavy atom. The monoisotopic (exact) mass is 151 g/mol. The molecule has 1 aromatic rings. The highest BCUT2D eigenvalue weighted by atomic mass is 32.2. The molecular formula is C8H9NS. The molecule has 1 rings (SSSR count). The molecule has 0 aliphatic heterocycles. The minimum Gasteiger partial charge on any atom is -0.250 e. The van der Waals surface area contributed by atoms with Crippen LogP contribution < -0.4 is 0 Å². The molecule has 52 valence electrons. The number of nitrogens with zero attached hydrogens (tertiary/aromatic N) is 1. The van der Waals surface area contributed by atoms with Crippen molar-refractivity contribution < 1.29 is 0 Å². The summed E-state index contributed by atoms with van der Waals surface area (Å²) in [5.41, 5.74) is 2.84. The molecule has 0 atom stereocenters. The van der Waals surface area contributed by atoms with Crippen LogP contribution in [0, 0.1) is 0 Å². The normalized spacial score (nSPS) is 10.5. The highest BCUT2D eigenvalue weighted by molar-refractivity contribution is 8.11. The number of rotatable bonds is 2. The van der Waals surface area contributed by atoms with Gasteiger partial charge in [-0.1, -0.05) is 18.2 Å². The molecule has 0 heterocycles. The average molecular weight is 151 g/mol. The van der Waals surface area contributed by atoms with E-state index in [0.29, 0.717) is 0 Å². The van der Waals surface area contributed by atoms with Crippen LogP contribution in [0.4, 0.5) is 5.69 Å². The van der Waals surface area contributed by atoms with E-state index in [9.17, 15) is 0 Å². The topological polar surface area (TPSA) is 12.4 Å². The summed E-state index contributed by atoms with van der Waals surface area (Å²) in [5.74, 6) is 0. The maximum Gasteiger partial charge on any atom is 0.0635 e. The molecule has 0 spiro atoms. The predicted molar refractivity (Wildman–Crippen MR) is 48.1 cm³/mol. The number of aliphatic imine (C=N–C) groups is 1. The van der Waals surface area contributed by atoms with Gasteiger partial charge in [0.2, 0.25) is 0 Å². The van der Waals surface area contributed by atoms with Crippen LogP contribution in [0.3, 0.4) is 0 Å². The van der Waals surface area contributed by atoms with Gasteiger partial charge in [-0.3, -0.25) is 4.99 Å². The van der Waals surface area contributed by atoms with Gasteiger partial charge >= 0.3 is 0 Å². The first-order chi connectivity index (χ1) is 4.93. The highest BCUT2D eigenvalue weighted by Crippen LogP contribution is 2.09. The number of hydrogen-bond donors (Lipinski definition) is 0. The third-order valence-electron chi connectivity index (χ3n) is 1.06. The maximum atomic E-state index is 4.16. The number of thioether (sulfide) groups is 1. The minimum absolute atomic E-state index is 1.01. The molecule has 0 fully saturated rings. The zero-order chi connectivity index (χ0) is 7.23. The highest BCUT2D eigenvalue weighted by Gasteiger charge is 1.80. The summed E-state index contributed by atoms with van der Waals surface area (Å²) in [7, 11) is 0. The SMILES string of the molecule is CSC=Nc1ccccc1. The van der Waals surface area contributed by atoms with Crippen molar-refractivity contribution in [3.05, 3.63) is 30.3 Å². The molecule has 0 aromatic heterocycles. The van der Waals surface area contributed by atoms with Gasteiger partial charge in [-0.25, -0.2) is 0 Å². The number of hydrogen-bond acceptors (Lipinski definition) is 2. The second-order valence-corrected chi connectivity index (χ2v) is 2.49. The van der Waals surface area contributed by atoms with Crippen molar-refractivity contribution in [2.45, 2.75) is 0 Å². The molecule has 0 aliphatic carbocycles. The lowest BCUT2D eigenvalue weighted by Gasteiger charge is -1.87. The van der Waals surface area contributed by atoms with Gasteiger partial charge in [0.25, 0.3) is 0 Å². The van der Waals surface area contributed by atoms with E-state index in [4.69, 9.17) is 0 Å². The molecule has 0 unspecified atom stereocenters. The van der Waals surface area contributed by atoms with Gasteiger partial charge in [0.15, 0.2) is 0 Å². The van der Waals surface area contributed by atoms with E-state index in [1.165, 1.54) is 0 Å². The Hall–Kier alpha value is -0.760. The van der Waals surface area contributed by atoms with E-state index < -0.39 is 0 Å². The number of benzene rings is 1. The third kappa shape index (κ3) is 2.23. The lowest BCUT2D eigenvalue weighted by atomic mass is 10.3. The fourth-order valence-corrected chi connectivity index (χ4v) is 0.855. The molecule has 0 N–H and O–H groups in total. The van der Waals surface area contributed by atoms with Gasteiger partial charge in [0, 0.05) is 0 Å². The second kappa shape index (κ2) is 4.12. The molecule has 0 radical (unpaired) electrons. The quantitative estimate of drug-likeness (QED) is 0.467. The first-order valence-electron chi connectivity index (χ1n) is 3.04. The first-order valence-corrected chi connectivity index (χ1v) is 4.32. The standard InChI is InChI=1S/C8H9NS/c1-10-7-9-8-5-3-2-4-6-8/h2-7H,1H3. The summed E-state index contributed by atoms with van der Waals surface area (Å²) < 4.78 is 0. The van der Waals surface area contributed by atoms with Gasteiger partial charge in [-0.05, 0) is 18.4 Å². The molecule has 0 amide bonds. The van der Waals surface area contributed by atoms with E-state index in [0.717, 1.165) is 5.69 Å². The smallest absolute Gasteiger partial charge is 0.0635 e. The summed E-state index contributed by atoms with van der Waals surface area (Å²) in [6.45, 7) is 0. The predicted octanol–water partition coefficient (Wildman–Crippen LogP) is 2.71. The Bertz CT molecular complexity index is 206. The van der Waals surface area contributed by atoms with E-state index >= 15 is 0 Å². The Labute approximate surface area is 65.2 Å². The van der Waals surface area contributed by atoms with Crippen molar-refractivity contribution >= 4 is 23.0 Å². The molecule has 0 aliphatic rings. The average Bonchev–Trinajstić information content (AvgIpc) is 2.03. The molecule has 0 saturated carbocycles. The Morgan fingerprint density at radius 1 is 1.30 bits per heavy atom. The van der Waals surface area contributed by atoms with Crippen LogP contribution in [0.1, 0.15) is 0 Å². The zero-order valence-corrected chi connectivity index (χ0v) is 6.64. The molecule has 10 heavy (non-hydrogen) atoms. The molecule has 2 heteroatoms. The Balaban J connectivity index is 2.67. The minimum atomic E-state index is 1.01. The second-order valence-electron chi connectivity index (χ2n) is 1.81. The summed E-state index contributed by atoms with van der Waals surface area (Å²) in [4.78, 5) is 4.16. The van der Waals surface area contributed by atoms with Crippen LogP contribution in [-0.4, -0.2) is 11.8 Å². The van der Waals surface area contributed by atoms with Crippen LogP contribution >= 0.6 is 11.8 Å². The van der Waals surface area contributed by atoms with Crippen LogP contribution in [0.25, 0.3) is 0 Å². The Kier molecular flexibility index (Phi) is 3.03. The molecule has 1 aromatic carbocycles. The fraction of sp³-hybridized carbons (Fsp3) is 0.125. The summed E-state index contributed by atoms with van der Waals surface area (Å²) in [6.07, 6.45) is 1.99. The van der Waals surface area contributed by atoms with Gasteiger partial charge in [-0.2, -0.15) is 0 Å². The van der Waals surface area contributed by atoms with Gasteiger partial charge in [-0.15, -0.1) is 11.8 Å². The summed E-state index contributed by atoms with van der Waals surface area (Å²) in [5, 5.41) is 0. The van der Waals surface area contributed by atoms with Crippen LogP contribution in [0.5, 0.6) is 0 Å². The molecule has 0 saturated heterocycles. The zero-order valence-electron chi connectivity index (χ0n) is 5.82. The number of para-hydroxylation sites is 1. The largest absolute Gasteiger partial charge is 0.250 e. The van der Waals surface area contributed by atoms with Crippen LogP contribution in [0.15, 0.2) is 35.3 Å². The molecular weight excluding hydrogens is 142 g/mol. The van der Waals surface area contributed by atoms with E-state index in [-0.39, 0.29) is 0 Å². The van der Waals surface area contributed by atoms with Crippen LogP contribution in [-0.2, 0) is 0 Å². The van der Waals surface area contributed by atoms with Crippen molar-refractivity contribution in [3.63, 3.8) is 0 Å². The van der Waals surface area contributed by atoms with Crippen molar-refractivity contribution in [3.8, 4) is 0 Å². The molecule has 1 nitrogen and oxygen atoms in total. The van der Waals surface area contributed by atoms with Gasteiger partial charge in [0.05, 0.1) is 11.2 Å². The van der Waals surface area contributed by atoms with Crippen molar-refractivity contribution in [2.24, 2.45) is 4.99 Å². The van der Waals surface area contributed by atoms with Crippen LogP contribution in [0.2, 0.25) is 0 Å². The fourth-order valence-electron chi connectivity index (χ4n) is 0.628. The van der Waals surface area contributed by atoms with Gasteiger partial charge < -0.3 is 0 Å². The van der Waals surface area contributed by atoms with E-state index in [1.54, 1.807) is 11.8 Å². The maximum absolute atomic E-state index is 4.16. The lowest BCUT2D eigenvalue weighted by Crippen LogP contribution is -1.62. The van der Waals surface area contributed by atoms with Crippen molar-refractivity contribution in [1.29, 1.82) is 0 Å². The van der Waals surface area contributed by atoms with E-state index in [2.05, 4.69) is 4.99 Å². The van der Waals surface area contributed by atoms with Crippen molar-refractivity contribution in [2.75, 3.05) is 6.26 Å². The summed E-state index contributed by atoms with van der Waals surface area (Å²) >= 11 is 1.60. The summed E-state index contributed by atoms with van der Waals surface area (Å²) in [6, 6.07) is 9.90. The van der Waals surface area contributed by atoms with Crippen molar-refractivity contribution in [1.82, 2.24) is 0 Å². The first kappa shape index (κ1) is 7.35. The Morgan fingerprint density at radius 2 is 2.00 bits per heavy atom. The molecule has 0 bridgehead atoms.